The van der Waals surface area contributed by atoms with E-state index in [9.17, 15) is 0 Å². The van der Waals surface area contributed by atoms with Crippen LogP contribution >= 0.6 is 27.5 Å². The molecule has 1 aromatic heterocycles. The summed E-state index contributed by atoms with van der Waals surface area (Å²) < 4.78 is 1.05. The van der Waals surface area contributed by atoms with Gasteiger partial charge in [0.2, 0.25) is 0 Å². The van der Waals surface area contributed by atoms with Crippen molar-refractivity contribution in [3.8, 4) is 6.07 Å². The van der Waals surface area contributed by atoms with Crippen molar-refractivity contribution in [2.75, 3.05) is 0 Å². The van der Waals surface area contributed by atoms with Crippen molar-refractivity contribution in [2.24, 2.45) is 11.8 Å². The number of hydrogen-bond donors (Lipinski definition) is 0. The van der Waals surface area contributed by atoms with Gasteiger partial charge in [0, 0.05) is 27.5 Å². The van der Waals surface area contributed by atoms with Crippen molar-refractivity contribution in [2.45, 2.75) is 145 Å². The van der Waals surface area contributed by atoms with E-state index >= 15 is 0 Å². The number of hydrogen-bond acceptors (Lipinski definition) is 2. The van der Waals surface area contributed by atoms with E-state index in [1.165, 1.54) is 48.8 Å². The van der Waals surface area contributed by atoms with Crippen LogP contribution in [-0.2, 0) is 0 Å². The Morgan fingerprint density at radius 3 is 1.45 bits per heavy atom. The molecule has 6 rings (SSSR count). The Balaban J connectivity index is 0.000000386. The first-order chi connectivity index (χ1) is 30.3. The molecule has 0 spiro atoms. The second-order valence-electron chi connectivity index (χ2n) is 17.9. The fourth-order valence-electron chi connectivity index (χ4n) is 6.43. The molecule has 1 aliphatic rings. The number of nitrogens with zero attached hydrogens (tertiary/aromatic N) is 5. The Kier molecular flexibility index (Phi) is 28.0. The Morgan fingerprint density at radius 2 is 1.03 bits per heavy atom. The smallest absolute Gasteiger partial charge is 0.188 e. The topological polar surface area (TPSA) is 49.8 Å². The van der Waals surface area contributed by atoms with Gasteiger partial charge in [-0.25, -0.2) is 14.5 Å². The summed E-state index contributed by atoms with van der Waals surface area (Å²) in [5.41, 5.74) is 8.55. The summed E-state index contributed by atoms with van der Waals surface area (Å²) in [6, 6.07) is 33.2. The van der Waals surface area contributed by atoms with Crippen LogP contribution in [0.15, 0.2) is 114 Å². The molecule has 5 nitrogen and oxygen atoms in total. The maximum absolute atomic E-state index is 8.71. The first-order valence-corrected chi connectivity index (χ1v) is 23.8. The molecule has 4 aromatic carbocycles. The summed E-state index contributed by atoms with van der Waals surface area (Å²) in [5.74, 6) is 4.50. The maximum Gasteiger partial charge on any atom is 0.188 e. The average Bonchev–Trinajstić information content (AvgIpc) is 3.30. The lowest BCUT2D eigenvalue weighted by molar-refractivity contribution is 0.279. The lowest BCUT2D eigenvalue weighted by atomic mass is 9.82. The minimum atomic E-state index is 0.355. The molecule has 7 heteroatoms. The van der Waals surface area contributed by atoms with E-state index in [2.05, 4.69) is 147 Å². The molecule has 0 unspecified atom stereocenters. The molecule has 1 saturated carbocycles. The summed E-state index contributed by atoms with van der Waals surface area (Å²) in [7, 11) is 0. The molecule has 338 valence electrons. The summed E-state index contributed by atoms with van der Waals surface area (Å²) in [5, 5.41) is 9.36. The third kappa shape index (κ3) is 23.4. The van der Waals surface area contributed by atoms with Gasteiger partial charge in [0.25, 0.3) is 0 Å². The van der Waals surface area contributed by atoms with Crippen LogP contribution in [0.1, 0.15) is 178 Å². The van der Waals surface area contributed by atoms with E-state index in [4.69, 9.17) is 36.6 Å². The van der Waals surface area contributed by atoms with E-state index in [1.54, 1.807) is 18.3 Å². The Bertz CT molecular complexity index is 2230. The third-order valence-electron chi connectivity index (χ3n) is 10.7. The van der Waals surface area contributed by atoms with Crippen LogP contribution in [0.2, 0.25) is 5.02 Å². The van der Waals surface area contributed by atoms with Crippen molar-refractivity contribution in [1.29, 1.82) is 5.26 Å². The van der Waals surface area contributed by atoms with Crippen molar-refractivity contribution in [1.82, 2.24) is 4.98 Å². The maximum atomic E-state index is 8.71. The van der Waals surface area contributed by atoms with Gasteiger partial charge in [0.05, 0.1) is 25.8 Å². The monoisotopic (exact) mass is 939 g/mol. The lowest BCUT2D eigenvalue weighted by Crippen LogP contribution is -2.12. The van der Waals surface area contributed by atoms with Crippen molar-refractivity contribution < 1.29 is 0 Å². The highest BCUT2D eigenvalue weighted by atomic mass is 79.9. The molecule has 1 fully saturated rings. The molecule has 0 amide bonds. The van der Waals surface area contributed by atoms with Gasteiger partial charge in [0.15, 0.2) is 17.1 Å². The minimum absolute atomic E-state index is 0.355. The zero-order valence-corrected chi connectivity index (χ0v) is 42.8. The summed E-state index contributed by atoms with van der Waals surface area (Å²) in [4.78, 5) is 14.1. The fourth-order valence-corrected chi connectivity index (χ4v) is 7.05. The van der Waals surface area contributed by atoms with Crippen LogP contribution in [0.5, 0.6) is 0 Å². The van der Waals surface area contributed by atoms with Crippen LogP contribution < -0.4 is 0 Å². The van der Waals surface area contributed by atoms with Gasteiger partial charge in [-0.05, 0) is 98.8 Å². The second kappa shape index (κ2) is 31.6. The Labute approximate surface area is 401 Å². The van der Waals surface area contributed by atoms with Gasteiger partial charge in [0.1, 0.15) is 0 Å². The SMILES string of the molecule is CC(C)C1CCCCC1.CC(C)c1ccccc1.CC(C)c1cncc(Br)c1.[C-]#[N+]c1cc(C#N)cc(C(C)C)c1.[C-]#[N+]c1cc(Cl)cc(C(C)C)c1.[C-]#[N+]c1cccc(C(C)C)c1. The Hall–Kier alpha value is -5.24. The van der Waals surface area contributed by atoms with E-state index in [0.29, 0.717) is 51.6 Å². The summed E-state index contributed by atoms with van der Waals surface area (Å²) in [6.07, 6.45) is 11.2. The summed E-state index contributed by atoms with van der Waals surface area (Å²) >= 11 is 9.20. The van der Waals surface area contributed by atoms with E-state index < -0.39 is 0 Å². The molecule has 64 heavy (non-hydrogen) atoms. The predicted octanol–water partition coefficient (Wildman–Crippen LogP) is 19.6. The first kappa shape index (κ1) is 56.8. The molecule has 1 heterocycles. The van der Waals surface area contributed by atoms with Gasteiger partial charge in [-0.2, -0.15) is 5.26 Å². The molecule has 5 aromatic rings. The van der Waals surface area contributed by atoms with Crippen molar-refractivity contribution in [3.63, 3.8) is 0 Å². The zero-order chi connectivity index (χ0) is 48.2. The first-order valence-electron chi connectivity index (χ1n) is 22.6. The normalized spacial score (nSPS) is 11.7. The van der Waals surface area contributed by atoms with Gasteiger partial charge < -0.3 is 0 Å². The van der Waals surface area contributed by atoms with Crippen LogP contribution in [-0.4, -0.2) is 4.98 Å². The highest BCUT2D eigenvalue weighted by Crippen LogP contribution is 2.29. The fraction of sp³-hybridized carbons (Fsp3) is 0.421. The number of halogens is 2. The number of benzene rings is 4. The molecule has 0 aliphatic heterocycles. The number of aromatic nitrogens is 1. The van der Waals surface area contributed by atoms with E-state index in [1.807, 2.05) is 68.6 Å². The molecule has 0 bridgehead atoms. The minimum Gasteiger partial charge on any atom is -0.263 e. The van der Waals surface area contributed by atoms with Gasteiger partial charge in [-0.3, -0.25) is 4.98 Å². The Morgan fingerprint density at radius 1 is 0.547 bits per heavy atom. The zero-order valence-electron chi connectivity index (χ0n) is 40.5. The van der Waals surface area contributed by atoms with Crippen LogP contribution in [0, 0.1) is 42.9 Å². The van der Waals surface area contributed by atoms with Gasteiger partial charge in [-0.1, -0.05) is 210 Å². The molecule has 0 radical (unpaired) electrons. The highest BCUT2D eigenvalue weighted by molar-refractivity contribution is 9.10. The summed E-state index contributed by atoms with van der Waals surface area (Å²) in [6.45, 7) is 46.5. The third-order valence-corrected chi connectivity index (χ3v) is 11.3. The average molecular weight is 942 g/mol. The predicted molar refractivity (Wildman–Crippen MR) is 278 cm³/mol. The number of rotatable bonds is 6. The van der Waals surface area contributed by atoms with Crippen LogP contribution in [0.25, 0.3) is 14.5 Å². The van der Waals surface area contributed by atoms with Crippen molar-refractivity contribution >= 4 is 44.6 Å². The van der Waals surface area contributed by atoms with Gasteiger partial charge in [-0.15, -0.1) is 0 Å². The molecular formula is C57H71BrClN5. The van der Waals surface area contributed by atoms with E-state index in [0.717, 1.165) is 33.1 Å². The largest absolute Gasteiger partial charge is 0.263 e. The molecule has 0 saturated heterocycles. The van der Waals surface area contributed by atoms with Crippen LogP contribution in [0.3, 0.4) is 0 Å². The quantitative estimate of drug-likeness (QED) is 0.159. The highest BCUT2D eigenvalue weighted by Gasteiger charge is 2.15. The molecule has 1 aliphatic carbocycles. The molecule has 0 atom stereocenters. The van der Waals surface area contributed by atoms with E-state index in [-0.39, 0.29) is 0 Å². The number of nitriles is 1. The van der Waals surface area contributed by atoms with Crippen LogP contribution in [0.4, 0.5) is 17.1 Å². The molecular weight excluding hydrogens is 870 g/mol. The number of pyridine rings is 1. The lowest BCUT2D eigenvalue weighted by Gasteiger charge is -2.24. The standard InChI is InChI=1S/C11H10N2.C10H10ClN.C10H11N.C9H18.C9H12.C8H10BrN/c1-8(2)10-4-9(7-12)5-11(6-10)13-3;1-7(2)8-4-9(11)6-10(5-8)12-3;1-8(2)9-5-4-6-10(7-9)11-3;2*1-8(2)9-6-4-3-5-7-9;1-6(2)7-3-8(9)5-10-4-7/h4-6,8H,1-2H3;4-7H,1-2H3;4-8H,1-2H3;8-9H,3-7H2,1-2H3;3-8H,1-2H3;3-6H,1-2H3. The second-order valence-corrected chi connectivity index (χ2v) is 19.2. The van der Waals surface area contributed by atoms with Crippen molar-refractivity contribution in [3.05, 3.63) is 187 Å². The molecule has 0 N–H and O–H groups in total. The van der Waals surface area contributed by atoms with Gasteiger partial charge >= 0.3 is 0 Å².